The first-order valence-electron chi connectivity index (χ1n) is 6.15. The van der Waals surface area contributed by atoms with Crippen molar-refractivity contribution in [2.24, 2.45) is 0 Å². The molecule has 106 valence electrons. The van der Waals surface area contributed by atoms with Crippen LogP contribution in [0.2, 0.25) is 0 Å². The third-order valence-corrected chi connectivity index (χ3v) is 2.63. The minimum absolute atomic E-state index is 0.0151. The molecule has 2 N–H and O–H groups in total. The Balaban J connectivity index is 2.54. The normalized spacial score (nSPS) is 10.6. The number of benzene rings is 1. The van der Waals surface area contributed by atoms with E-state index in [1.807, 2.05) is 19.9 Å². The fourth-order valence-electron chi connectivity index (χ4n) is 1.85. The average Bonchev–Trinajstić information content (AvgIpc) is 2.87. The van der Waals surface area contributed by atoms with Crippen LogP contribution in [0, 0.1) is 0 Å². The maximum Gasteiger partial charge on any atom is 0.353 e. The molecule has 0 radical (unpaired) electrons. The highest BCUT2D eigenvalue weighted by Gasteiger charge is 2.18. The quantitative estimate of drug-likeness (QED) is 0.876. The largest absolute Gasteiger partial charge is 0.496 e. The van der Waals surface area contributed by atoms with Crippen molar-refractivity contribution in [1.82, 2.24) is 10.2 Å². The first-order chi connectivity index (χ1) is 9.52. The molecule has 6 nitrogen and oxygen atoms in total. The van der Waals surface area contributed by atoms with Gasteiger partial charge in [-0.25, -0.2) is 4.79 Å². The van der Waals surface area contributed by atoms with Crippen LogP contribution in [0.15, 0.2) is 24.3 Å². The zero-order valence-corrected chi connectivity index (χ0v) is 11.5. The number of carboxylic acids is 1. The van der Waals surface area contributed by atoms with Crippen molar-refractivity contribution < 1.29 is 19.4 Å². The van der Waals surface area contributed by atoms with Gasteiger partial charge in [0.1, 0.15) is 22.9 Å². The van der Waals surface area contributed by atoms with Crippen molar-refractivity contribution in [2.45, 2.75) is 20.0 Å². The number of nitrogens with zero attached hydrogens (tertiary/aromatic N) is 1. The molecule has 2 rings (SSSR count). The third kappa shape index (κ3) is 2.74. The highest BCUT2D eigenvalue weighted by atomic mass is 16.5. The van der Waals surface area contributed by atoms with Crippen LogP contribution in [-0.4, -0.2) is 34.5 Å². The van der Waals surface area contributed by atoms with E-state index in [0.717, 1.165) is 0 Å². The van der Waals surface area contributed by atoms with Crippen LogP contribution in [-0.2, 0) is 0 Å². The third-order valence-electron chi connectivity index (χ3n) is 2.63. The molecule has 0 saturated heterocycles. The molecule has 0 saturated carbocycles. The Kier molecular flexibility index (Phi) is 3.93. The van der Waals surface area contributed by atoms with Gasteiger partial charge in [-0.1, -0.05) is 6.07 Å². The Morgan fingerprint density at radius 1 is 1.35 bits per heavy atom. The van der Waals surface area contributed by atoms with Crippen LogP contribution in [0.5, 0.6) is 11.5 Å². The van der Waals surface area contributed by atoms with E-state index in [2.05, 4.69) is 10.2 Å². The zero-order chi connectivity index (χ0) is 14.7. The highest BCUT2D eigenvalue weighted by Crippen LogP contribution is 2.37. The summed E-state index contributed by atoms with van der Waals surface area (Å²) < 4.78 is 11.0. The standard InChI is InChI=1S/C14H16N2O4/c1-8(2)20-12-6-4-5-11(19-3)13(12)9-7-10(14(17)18)16-15-9/h4-8H,1-3H3,(H,15,16)(H,17,18). The van der Waals surface area contributed by atoms with Crippen LogP contribution < -0.4 is 9.47 Å². The number of ether oxygens (including phenoxy) is 2. The van der Waals surface area contributed by atoms with Crippen molar-refractivity contribution in [1.29, 1.82) is 0 Å². The van der Waals surface area contributed by atoms with E-state index in [1.165, 1.54) is 6.07 Å². The van der Waals surface area contributed by atoms with Gasteiger partial charge in [-0.15, -0.1) is 0 Å². The lowest BCUT2D eigenvalue weighted by Gasteiger charge is -2.15. The van der Waals surface area contributed by atoms with Gasteiger partial charge in [-0.3, -0.25) is 5.10 Å². The average molecular weight is 276 g/mol. The number of nitrogens with one attached hydrogen (secondary N) is 1. The van der Waals surface area contributed by atoms with Crippen LogP contribution in [0.1, 0.15) is 24.3 Å². The maximum absolute atomic E-state index is 10.9. The topological polar surface area (TPSA) is 84.4 Å². The number of carboxylic acid groups (broad SMARTS) is 1. The van der Waals surface area contributed by atoms with E-state index < -0.39 is 5.97 Å². The summed E-state index contributed by atoms with van der Waals surface area (Å²) in [4.78, 5) is 10.9. The van der Waals surface area contributed by atoms with Crippen LogP contribution in [0.3, 0.4) is 0 Å². The lowest BCUT2D eigenvalue weighted by molar-refractivity contribution is 0.0690. The van der Waals surface area contributed by atoms with E-state index in [9.17, 15) is 4.79 Å². The van der Waals surface area contributed by atoms with Gasteiger partial charge in [0.15, 0.2) is 0 Å². The lowest BCUT2D eigenvalue weighted by atomic mass is 10.1. The van der Waals surface area contributed by atoms with Gasteiger partial charge in [0.2, 0.25) is 0 Å². The minimum Gasteiger partial charge on any atom is -0.496 e. The molecule has 0 bridgehead atoms. The number of hydrogen-bond acceptors (Lipinski definition) is 4. The summed E-state index contributed by atoms with van der Waals surface area (Å²) in [5.74, 6) is 0.111. The summed E-state index contributed by atoms with van der Waals surface area (Å²) in [5, 5.41) is 15.4. The maximum atomic E-state index is 10.9. The van der Waals surface area contributed by atoms with Crippen LogP contribution in [0.4, 0.5) is 0 Å². The second kappa shape index (κ2) is 5.64. The van der Waals surface area contributed by atoms with Gasteiger partial charge in [0.25, 0.3) is 0 Å². The second-order valence-corrected chi connectivity index (χ2v) is 4.47. The van der Waals surface area contributed by atoms with E-state index in [4.69, 9.17) is 14.6 Å². The smallest absolute Gasteiger partial charge is 0.353 e. The molecule has 20 heavy (non-hydrogen) atoms. The molecule has 1 heterocycles. The van der Waals surface area contributed by atoms with Crippen LogP contribution >= 0.6 is 0 Å². The summed E-state index contributed by atoms with van der Waals surface area (Å²) in [6, 6.07) is 6.84. The summed E-state index contributed by atoms with van der Waals surface area (Å²) in [6.45, 7) is 3.83. The summed E-state index contributed by atoms with van der Waals surface area (Å²) in [6.07, 6.45) is -0.0151. The molecule has 0 aliphatic carbocycles. The van der Waals surface area contributed by atoms with Gasteiger partial charge >= 0.3 is 5.97 Å². The molecule has 0 unspecified atom stereocenters. The van der Waals surface area contributed by atoms with Crippen molar-refractivity contribution in [3.05, 3.63) is 30.0 Å². The predicted octanol–water partition coefficient (Wildman–Crippen LogP) is 2.57. The van der Waals surface area contributed by atoms with E-state index in [-0.39, 0.29) is 11.8 Å². The molecule has 2 aromatic rings. The molecule has 0 atom stereocenters. The molecule has 0 aliphatic rings. The van der Waals surface area contributed by atoms with Gasteiger partial charge in [-0.05, 0) is 32.0 Å². The van der Waals surface area contributed by atoms with Crippen LogP contribution in [0.25, 0.3) is 11.3 Å². The SMILES string of the molecule is COc1cccc(OC(C)C)c1-c1cc(C(=O)O)[nH]n1. The summed E-state index contributed by atoms with van der Waals surface area (Å²) >= 11 is 0. The molecular weight excluding hydrogens is 260 g/mol. The first kappa shape index (κ1) is 13.9. The number of hydrogen-bond donors (Lipinski definition) is 2. The van der Waals surface area contributed by atoms with Gasteiger partial charge in [0.05, 0.1) is 18.8 Å². The zero-order valence-electron chi connectivity index (χ0n) is 11.5. The Labute approximate surface area is 116 Å². The van der Waals surface area contributed by atoms with Gasteiger partial charge in [-0.2, -0.15) is 5.10 Å². The predicted molar refractivity (Wildman–Crippen MR) is 73.3 cm³/mol. The Bertz CT molecular complexity index is 619. The number of methoxy groups -OCH3 is 1. The molecule has 0 aliphatic heterocycles. The molecular formula is C14H16N2O4. The molecule has 0 spiro atoms. The van der Waals surface area contributed by atoms with Gasteiger partial charge < -0.3 is 14.6 Å². The Hall–Kier alpha value is -2.50. The van der Waals surface area contributed by atoms with E-state index in [1.54, 1.807) is 19.2 Å². The number of aromatic nitrogens is 2. The van der Waals surface area contributed by atoms with E-state index in [0.29, 0.717) is 22.8 Å². The van der Waals surface area contributed by atoms with Crippen molar-refractivity contribution >= 4 is 5.97 Å². The lowest BCUT2D eigenvalue weighted by Crippen LogP contribution is -2.07. The van der Waals surface area contributed by atoms with Crippen molar-refractivity contribution in [3.8, 4) is 22.8 Å². The number of aromatic amines is 1. The molecule has 6 heteroatoms. The van der Waals surface area contributed by atoms with Gasteiger partial charge in [0, 0.05) is 0 Å². The Morgan fingerprint density at radius 3 is 2.60 bits per heavy atom. The Morgan fingerprint density at radius 2 is 2.05 bits per heavy atom. The number of aromatic carboxylic acids is 1. The van der Waals surface area contributed by atoms with E-state index >= 15 is 0 Å². The molecule has 1 aromatic carbocycles. The molecule has 1 aromatic heterocycles. The fourth-order valence-corrected chi connectivity index (χ4v) is 1.85. The summed E-state index contributed by atoms with van der Waals surface area (Å²) in [7, 11) is 1.54. The highest BCUT2D eigenvalue weighted by molar-refractivity contribution is 5.88. The second-order valence-electron chi connectivity index (χ2n) is 4.47. The molecule has 0 amide bonds. The first-order valence-corrected chi connectivity index (χ1v) is 6.15. The van der Waals surface area contributed by atoms with Crippen molar-refractivity contribution in [2.75, 3.05) is 7.11 Å². The number of rotatable bonds is 5. The fraction of sp³-hybridized carbons (Fsp3) is 0.286. The minimum atomic E-state index is -1.06. The monoisotopic (exact) mass is 276 g/mol. The number of H-pyrrole nitrogens is 1. The molecule has 0 fully saturated rings. The summed E-state index contributed by atoms with van der Waals surface area (Å²) in [5.41, 5.74) is 1.12. The number of carbonyl (C=O) groups is 1. The van der Waals surface area contributed by atoms with Crippen molar-refractivity contribution in [3.63, 3.8) is 0 Å².